The highest BCUT2D eigenvalue weighted by Crippen LogP contribution is 2.38. The van der Waals surface area contributed by atoms with Crippen molar-refractivity contribution >= 4 is 60.7 Å². The van der Waals surface area contributed by atoms with Crippen LogP contribution in [-0.4, -0.2) is 55.1 Å². The minimum atomic E-state index is -1.08. The molecule has 0 aromatic heterocycles. The lowest BCUT2D eigenvalue weighted by molar-refractivity contribution is -0.128. The average molecular weight is 664 g/mol. The molecule has 0 fully saturated rings. The number of ether oxygens (including phenoxy) is 1. The highest BCUT2D eigenvalue weighted by Gasteiger charge is 2.36. The van der Waals surface area contributed by atoms with E-state index in [1.165, 1.54) is 0 Å². The van der Waals surface area contributed by atoms with Crippen LogP contribution >= 0.6 is 15.9 Å². The number of likely N-dealkylation sites (N-methyl/N-ethyl adjacent to an activating group) is 1. The molecule has 8 nitrogen and oxygen atoms in total. The molecule has 0 saturated heterocycles. The minimum absolute atomic E-state index is 0.209. The zero-order valence-corrected chi connectivity index (χ0v) is 27.0. The van der Waals surface area contributed by atoms with Crippen LogP contribution in [0.15, 0.2) is 88.2 Å². The number of hydrogen-bond donors (Lipinski definition) is 2. The van der Waals surface area contributed by atoms with Crippen molar-refractivity contribution in [3.63, 3.8) is 0 Å². The number of nitrogens with zero attached hydrogens (tertiary/aromatic N) is 2. The summed E-state index contributed by atoms with van der Waals surface area (Å²) >= 11 is 3.56. The highest BCUT2D eigenvalue weighted by atomic mass is 79.9. The van der Waals surface area contributed by atoms with Crippen LogP contribution in [0.5, 0.6) is 5.75 Å². The Morgan fingerprint density at radius 1 is 1.05 bits per heavy atom. The second kappa shape index (κ2) is 13.3. The van der Waals surface area contributed by atoms with E-state index >= 15 is 0 Å². The fourth-order valence-corrected chi connectivity index (χ4v) is 6.27. The van der Waals surface area contributed by atoms with Crippen molar-refractivity contribution < 1.29 is 18.5 Å². The van der Waals surface area contributed by atoms with Crippen molar-refractivity contribution in [2.75, 3.05) is 36.8 Å². The minimum Gasteiger partial charge on any atom is -0.496 e. The Bertz CT molecular complexity index is 1680. The van der Waals surface area contributed by atoms with Crippen LogP contribution in [0.1, 0.15) is 18.1 Å². The number of nitrogens with one attached hydrogen (secondary N) is 2. The third kappa shape index (κ3) is 6.61. The summed E-state index contributed by atoms with van der Waals surface area (Å²) < 4.78 is 18.7. The molecule has 5 rings (SSSR count). The van der Waals surface area contributed by atoms with E-state index in [1.54, 1.807) is 32.2 Å². The number of carbonyl (C=O) groups excluding carboxylic acids is 2. The number of anilines is 2. The normalized spacial score (nSPS) is 16.4. The van der Waals surface area contributed by atoms with E-state index in [1.807, 2.05) is 78.9 Å². The summed E-state index contributed by atoms with van der Waals surface area (Å²) in [6.45, 7) is 2.78. The van der Waals surface area contributed by atoms with Gasteiger partial charge in [0.15, 0.2) is 0 Å². The summed E-state index contributed by atoms with van der Waals surface area (Å²) in [6, 6.07) is 24.2. The van der Waals surface area contributed by atoms with Crippen LogP contribution in [0.25, 0.3) is 10.8 Å². The predicted molar refractivity (Wildman–Crippen MR) is 176 cm³/mol. The Kier molecular flexibility index (Phi) is 9.49. The topological polar surface area (TPSA) is 91.0 Å². The number of halogens is 1. The van der Waals surface area contributed by atoms with Gasteiger partial charge >= 0.3 is 0 Å². The summed E-state index contributed by atoms with van der Waals surface area (Å²) in [5.41, 5.74) is 3.49. The summed E-state index contributed by atoms with van der Waals surface area (Å²) in [6.07, 6.45) is 1.66. The molecule has 0 bridgehead atoms. The van der Waals surface area contributed by atoms with Gasteiger partial charge in [0.2, 0.25) is 5.91 Å². The number of rotatable bonds is 9. The maximum absolute atomic E-state index is 14.4. The molecule has 0 aliphatic carbocycles. The number of benzene rings is 4. The fraction of sp³-hybridized carbons (Fsp3) is 0.273. The van der Waals surface area contributed by atoms with Gasteiger partial charge in [-0.05, 0) is 72.8 Å². The Hall–Kier alpha value is -3.73. The van der Waals surface area contributed by atoms with Crippen LogP contribution in [0, 0.1) is 0 Å². The van der Waals surface area contributed by atoms with Crippen LogP contribution in [0.2, 0.25) is 0 Å². The molecule has 1 aliphatic heterocycles. The van der Waals surface area contributed by atoms with Gasteiger partial charge in [0.1, 0.15) is 11.8 Å². The first-order chi connectivity index (χ1) is 20.7. The molecule has 0 spiro atoms. The first-order valence-corrected chi connectivity index (χ1v) is 16.4. The SMILES string of the molecule is CNC(C)C(=O)NC1CN(Cc2ccc(S(C)=O)cc2)c2ccccc2N(Cc2c(OC)ccc3cc(Br)ccc23)C1=O. The van der Waals surface area contributed by atoms with Crippen LogP contribution in [-0.2, 0) is 33.5 Å². The largest absolute Gasteiger partial charge is 0.496 e. The van der Waals surface area contributed by atoms with E-state index < -0.39 is 22.9 Å². The zero-order valence-electron chi connectivity index (χ0n) is 24.6. The lowest BCUT2D eigenvalue weighted by atomic mass is 10.0. The third-order valence-electron chi connectivity index (χ3n) is 7.84. The second-order valence-electron chi connectivity index (χ2n) is 10.6. The van der Waals surface area contributed by atoms with E-state index in [4.69, 9.17) is 4.74 Å². The van der Waals surface area contributed by atoms with Gasteiger partial charge in [-0.3, -0.25) is 13.8 Å². The van der Waals surface area contributed by atoms with Gasteiger partial charge in [-0.1, -0.05) is 52.3 Å². The summed E-state index contributed by atoms with van der Waals surface area (Å²) in [7, 11) is 2.27. The zero-order chi connectivity index (χ0) is 30.7. The van der Waals surface area contributed by atoms with Crippen LogP contribution < -0.4 is 25.2 Å². The van der Waals surface area contributed by atoms with E-state index in [9.17, 15) is 13.8 Å². The lowest BCUT2D eigenvalue weighted by Crippen LogP contribution is -2.55. The molecule has 3 atom stereocenters. The number of carbonyl (C=O) groups is 2. The lowest BCUT2D eigenvalue weighted by Gasteiger charge is -2.27. The molecule has 0 saturated carbocycles. The number of amides is 2. The van der Waals surface area contributed by atoms with Crippen molar-refractivity contribution in [3.05, 3.63) is 94.5 Å². The quantitative estimate of drug-likeness (QED) is 0.262. The molecule has 2 N–H and O–H groups in total. The van der Waals surface area contributed by atoms with Crippen LogP contribution in [0.4, 0.5) is 11.4 Å². The highest BCUT2D eigenvalue weighted by molar-refractivity contribution is 9.10. The molecule has 4 aromatic carbocycles. The van der Waals surface area contributed by atoms with Gasteiger partial charge in [-0.15, -0.1) is 0 Å². The van der Waals surface area contributed by atoms with Crippen molar-refractivity contribution in [1.29, 1.82) is 0 Å². The second-order valence-corrected chi connectivity index (χ2v) is 12.9. The van der Waals surface area contributed by atoms with Crippen molar-refractivity contribution in [3.8, 4) is 5.75 Å². The molecule has 10 heteroatoms. The standard InChI is InChI=1S/C33H35BrN4O4S/c1-21(35-2)32(39)36-28-20-37(18-22-9-13-25(14-10-22)43(4)41)29-7-5-6-8-30(29)38(33(28)40)19-27-26-15-12-24(34)17-23(26)11-16-31(27)42-3/h5-17,21,28,35H,18-20H2,1-4H3,(H,36,39). The first-order valence-electron chi connectivity index (χ1n) is 14.0. The molecule has 0 radical (unpaired) electrons. The monoisotopic (exact) mass is 662 g/mol. The Morgan fingerprint density at radius 2 is 1.77 bits per heavy atom. The van der Waals surface area contributed by atoms with Gasteiger partial charge in [0, 0.05) is 45.1 Å². The molecular formula is C33H35BrN4O4S. The Labute approximate surface area is 263 Å². The Morgan fingerprint density at radius 3 is 2.44 bits per heavy atom. The number of hydrogen-bond acceptors (Lipinski definition) is 6. The number of para-hydroxylation sites is 2. The maximum Gasteiger partial charge on any atom is 0.251 e. The molecule has 1 aliphatic rings. The van der Waals surface area contributed by atoms with E-state index in [0.29, 0.717) is 12.3 Å². The number of fused-ring (bicyclic) bond motifs is 2. The fourth-order valence-electron chi connectivity index (χ4n) is 5.38. The molecule has 43 heavy (non-hydrogen) atoms. The van der Waals surface area contributed by atoms with E-state index in [0.717, 1.165) is 42.6 Å². The summed E-state index contributed by atoms with van der Waals surface area (Å²) in [5, 5.41) is 7.97. The summed E-state index contributed by atoms with van der Waals surface area (Å²) in [5.74, 6) is 0.215. The van der Waals surface area contributed by atoms with Gasteiger partial charge in [-0.2, -0.15) is 0 Å². The third-order valence-corrected chi connectivity index (χ3v) is 9.27. The Balaban J connectivity index is 1.60. The molecule has 224 valence electrons. The van der Waals surface area contributed by atoms with Gasteiger partial charge in [-0.25, -0.2) is 0 Å². The molecule has 2 amide bonds. The summed E-state index contributed by atoms with van der Waals surface area (Å²) in [4.78, 5) is 32.2. The molecular weight excluding hydrogens is 628 g/mol. The maximum atomic E-state index is 14.4. The van der Waals surface area contributed by atoms with Crippen molar-refractivity contribution in [2.24, 2.45) is 0 Å². The molecule has 3 unspecified atom stereocenters. The van der Waals surface area contributed by atoms with Gasteiger partial charge in [0.25, 0.3) is 5.91 Å². The smallest absolute Gasteiger partial charge is 0.251 e. The number of methoxy groups -OCH3 is 1. The van der Waals surface area contributed by atoms with Crippen molar-refractivity contribution in [1.82, 2.24) is 10.6 Å². The molecule has 1 heterocycles. The average Bonchev–Trinajstić information content (AvgIpc) is 3.11. The van der Waals surface area contributed by atoms with Gasteiger partial charge in [0.05, 0.1) is 31.1 Å². The predicted octanol–water partition coefficient (Wildman–Crippen LogP) is 4.99. The first kappa shape index (κ1) is 30.7. The van der Waals surface area contributed by atoms with Gasteiger partial charge < -0.3 is 25.2 Å². The van der Waals surface area contributed by atoms with Crippen LogP contribution in [0.3, 0.4) is 0 Å². The van der Waals surface area contributed by atoms with Crippen molar-refractivity contribution in [2.45, 2.75) is 37.0 Å². The molecule has 4 aromatic rings. The van der Waals surface area contributed by atoms with E-state index in [2.05, 4.69) is 31.5 Å². The van der Waals surface area contributed by atoms with E-state index in [-0.39, 0.29) is 24.9 Å².